The number of hydrogen-bond acceptors (Lipinski definition) is 4. The van der Waals surface area contributed by atoms with Gasteiger partial charge in [0.1, 0.15) is 17.8 Å². The number of nitrogens with zero attached hydrogens (tertiary/aromatic N) is 2. The molecule has 0 aliphatic carbocycles. The fourth-order valence-corrected chi connectivity index (χ4v) is 4.17. The van der Waals surface area contributed by atoms with Crippen molar-refractivity contribution in [3.8, 4) is 5.75 Å². The zero-order valence-electron chi connectivity index (χ0n) is 16.9. The fraction of sp³-hybridized carbons (Fsp3) is 0.391. The van der Waals surface area contributed by atoms with Gasteiger partial charge in [0.25, 0.3) is 0 Å². The van der Waals surface area contributed by atoms with Crippen LogP contribution in [0.1, 0.15) is 22.3 Å². The van der Waals surface area contributed by atoms with Crippen molar-refractivity contribution in [1.82, 2.24) is 15.1 Å². The Labute approximate surface area is 171 Å². The van der Waals surface area contributed by atoms with Crippen LogP contribution >= 0.6 is 0 Å². The quantitative estimate of drug-likeness (QED) is 0.830. The summed E-state index contributed by atoms with van der Waals surface area (Å²) in [4.78, 5) is 29.7. The van der Waals surface area contributed by atoms with Gasteiger partial charge < -0.3 is 15.3 Å². The lowest BCUT2D eigenvalue weighted by Gasteiger charge is -2.45. The summed E-state index contributed by atoms with van der Waals surface area (Å²) < 4.78 is 0. The Balaban J connectivity index is 1.41. The minimum atomic E-state index is -0.547. The second-order valence-electron chi connectivity index (χ2n) is 8.13. The maximum Gasteiger partial charge on any atom is 0.246 e. The summed E-state index contributed by atoms with van der Waals surface area (Å²) >= 11 is 0. The highest BCUT2D eigenvalue weighted by molar-refractivity contribution is 5.97. The van der Waals surface area contributed by atoms with Gasteiger partial charge in [-0.1, -0.05) is 30.3 Å². The second kappa shape index (κ2) is 7.87. The molecule has 0 spiro atoms. The van der Waals surface area contributed by atoms with E-state index in [-0.39, 0.29) is 17.6 Å². The molecule has 0 unspecified atom stereocenters. The zero-order chi connectivity index (χ0) is 20.5. The molecule has 2 atom stereocenters. The average Bonchev–Trinajstić information content (AvgIpc) is 2.70. The number of carbonyl (C=O) groups is 2. The van der Waals surface area contributed by atoms with Crippen molar-refractivity contribution in [2.45, 2.75) is 38.9 Å². The lowest BCUT2D eigenvalue weighted by molar-refractivity contribution is -0.153. The first-order valence-corrected chi connectivity index (χ1v) is 10.1. The highest BCUT2D eigenvalue weighted by atomic mass is 16.3. The molecule has 2 aromatic rings. The minimum Gasteiger partial charge on any atom is -0.508 e. The monoisotopic (exact) mass is 393 g/mol. The highest BCUT2D eigenvalue weighted by Crippen LogP contribution is 2.21. The number of amides is 2. The predicted octanol–water partition coefficient (Wildman–Crippen LogP) is 1.76. The molecule has 2 aliphatic heterocycles. The first-order valence-electron chi connectivity index (χ1n) is 10.1. The van der Waals surface area contributed by atoms with Gasteiger partial charge in [0.2, 0.25) is 11.8 Å². The largest absolute Gasteiger partial charge is 0.508 e. The number of phenols is 1. The van der Waals surface area contributed by atoms with Crippen molar-refractivity contribution in [1.29, 1.82) is 0 Å². The minimum absolute atomic E-state index is 0.0199. The van der Waals surface area contributed by atoms with E-state index in [1.54, 1.807) is 29.2 Å². The molecule has 2 fully saturated rings. The molecule has 0 aromatic heterocycles. The smallest absolute Gasteiger partial charge is 0.246 e. The van der Waals surface area contributed by atoms with Crippen LogP contribution in [0, 0.1) is 13.8 Å². The Morgan fingerprint density at radius 1 is 1.00 bits per heavy atom. The number of carbonyl (C=O) groups excluding carboxylic acids is 2. The Morgan fingerprint density at radius 2 is 1.72 bits per heavy atom. The normalized spacial score (nSPS) is 22.3. The number of piperazine rings is 2. The summed E-state index contributed by atoms with van der Waals surface area (Å²) in [6.45, 7) is 6.87. The van der Waals surface area contributed by atoms with Gasteiger partial charge in [-0.15, -0.1) is 0 Å². The summed E-state index contributed by atoms with van der Waals surface area (Å²) in [5.41, 5.74) is 4.68. The summed E-state index contributed by atoms with van der Waals surface area (Å²) in [7, 11) is 0. The third kappa shape index (κ3) is 4.12. The first-order chi connectivity index (χ1) is 13.9. The number of benzene rings is 2. The van der Waals surface area contributed by atoms with E-state index in [0.29, 0.717) is 19.5 Å². The summed E-state index contributed by atoms with van der Waals surface area (Å²) in [5.74, 6) is 0.0828. The molecule has 2 heterocycles. The van der Waals surface area contributed by atoms with Crippen LogP contribution in [0.5, 0.6) is 5.75 Å². The van der Waals surface area contributed by atoms with E-state index < -0.39 is 12.1 Å². The topological polar surface area (TPSA) is 72.9 Å². The molecule has 2 aromatic carbocycles. The van der Waals surface area contributed by atoms with E-state index in [4.69, 9.17) is 0 Å². The number of rotatable bonds is 4. The SMILES string of the molecule is Cc1ccc(CN2CCN3C(=O)[C@@H](Cc4ccc(O)cc4)NC(=O)[C@H]3C2)cc1C. The predicted molar refractivity (Wildman–Crippen MR) is 110 cm³/mol. The maximum absolute atomic E-state index is 13.0. The molecule has 152 valence electrons. The molecule has 2 aliphatic rings. The van der Waals surface area contributed by atoms with E-state index in [1.807, 2.05) is 0 Å². The number of aromatic hydroxyl groups is 1. The first kappa shape index (κ1) is 19.5. The highest BCUT2D eigenvalue weighted by Gasteiger charge is 2.43. The van der Waals surface area contributed by atoms with Gasteiger partial charge in [-0.2, -0.15) is 0 Å². The zero-order valence-corrected chi connectivity index (χ0v) is 16.9. The van der Waals surface area contributed by atoms with Crippen molar-refractivity contribution < 1.29 is 14.7 Å². The molecule has 0 saturated carbocycles. The van der Waals surface area contributed by atoms with Crippen LogP contribution in [0.3, 0.4) is 0 Å². The van der Waals surface area contributed by atoms with Crippen molar-refractivity contribution in [3.05, 3.63) is 64.7 Å². The Bertz CT molecular complexity index is 925. The number of aryl methyl sites for hydroxylation is 2. The molecular formula is C23H27N3O3. The maximum atomic E-state index is 13.0. The molecule has 2 N–H and O–H groups in total. The Morgan fingerprint density at radius 3 is 2.45 bits per heavy atom. The summed E-state index contributed by atoms with van der Waals surface area (Å²) in [5, 5.41) is 12.3. The van der Waals surface area contributed by atoms with E-state index in [0.717, 1.165) is 18.7 Å². The van der Waals surface area contributed by atoms with Crippen LogP contribution in [0.15, 0.2) is 42.5 Å². The third-order valence-electron chi connectivity index (χ3n) is 6.02. The van der Waals surface area contributed by atoms with E-state index in [1.165, 1.54) is 16.7 Å². The lowest BCUT2D eigenvalue weighted by Crippen LogP contribution is -2.69. The average molecular weight is 393 g/mol. The van der Waals surface area contributed by atoms with Crippen LogP contribution in [-0.2, 0) is 22.6 Å². The summed E-state index contributed by atoms with van der Waals surface area (Å²) in [6.07, 6.45) is 0.431. The standard InChI is InChI=1S/C23H27N3O3/c1-15-3-4-18(11-16(15)2)13-25-9-10-26-21(14-25)22(28)24-20(23(26)29)12-17-5-7-19(27)8-6-17/h3-8,11,20-21,27H,9-10,12-14H2,1-2H3,(H,24,28)/t20-,21-/m1/s1. The molecule has 2 saturated heterocycles. The van der Waals surface area contributed by atoms with Gasteiger partial charge in [-0.05, 0) is 48.2 Å². The fourth-order valence-electron chi connectivity index (χ4n) is 4.17. The van der Waals surface area contributed by atoms with E-state index in [9.17, 15) is 14.7 Å². The van der Waals surface area contributed by atoms with Crippen LogP contribution < -0.4 is 5.32 Å². The van der Waals surface area contributed by atoms with Crippen molar-refractivity contribution in [2.75, 3.05) is 19.6 Å². The van der Waals surface area contributed by atoms with Crippen LogP contribution in [0.2, 0.25) is 0 Å². The molecule has 0 radical (unpaired) electrons. The van der Waals surface area contributed by atoms with Crippen molar-refractivity contribution >= 4 is 11.8 Å². The lowest BCUT2D eigenvalue weighted by atomic mass is 9.98. The van der Waals surface area contributed by atoms with Gasteiger partial charge >= 0.3 is 0 Å². The number of nitrogens with one attached hydrogen (secondary N) is 1. The molecule has 0 bridgehead atoms. The van der Waals surface area contributed by atoms with Gasteiger partial charge in [0.15, 0.2) is 0 Å². The van der Waals surface area contributed by atoms with Gasteiger partial charge in [0.05, 0.1) is 0 Å². The van der Waals surface area contributed by atoms with Crippen molar-refractivity contribution in [2.24, 2.45) is 0 Å². The van der Waals surface area contributed by atoms with Gasteiger partial charge in [-0.25, -0.2) is 0 Å². The molecule has 4 rings (SSSR count). The van der Waals surface area contributed by atoms with Crippen LogP contribution in [0.25, 0.3) is 0 Å². The molecular weight excluding hydrogens is 366 g/mol. The van der Waals surface area contributed by atoms with Gasteiger partial charge in [0, 0.05) is 32.6 Å². The molecule has 6 nitrogen and oxygen atoms in total. The molecule has 2 amide bonds. The Kier molecular flexibility index (Phi) is 5.28. The van der Waals surface area contributed by atoms with Gasteiger partial charge in [-0.3, -0.25) is 14.5 Å². The third-order valence-corrected chi connectivity index (χ3v) is 6.02. The van der Waals surface area contributed by atoms with Crippen LogP contribution in [0.4, 0.5) is 0 Å². The number of fused-ring (bicyclic) bond motifs is 1. The Hall–Kier alpha value is -2.86. The number of hydrogen-bond donors (Lipinski definition) is 2. The van der Waals surface area contributed by atoms with E-state index in [2.05, 4.69) is 42.3 Å². The van der Waals surface area contributed by atoms with E-state index >= 15 is 0 Å². The van der Waals surface area contributed by atoms with Crippen LogP contribution in [-0.4, -0.2) is 58.4 Å². The number of phenolic OH excluding ortho intramolecular Hbond substituents is 1. The molecule has 6 heteroatoms. The second-order valence-corrected chi connectivity index (χ2v) is 8.13. The van der Waals surface area contributed by atoms with Crippen molar-refractivity contribution in [3.63, 3.8) is 0 Å². The molecule has 29 heavy (non-hydrogen) atoms. The summed E-state index contributed by atoms with van der Waals surface area (Å²) in [6, 6.07) is 12.2.